The Kier molecular flexibility index (Phi) is 5.57. The quantitative estimate of drug-likeness (QED) is 0.835. The van der Waals surface area contributed by atoms with E-state index in [9.17, 15) is 9.59 Å². The van der Waals surface area contributed by atoms with Gasteiger partial charge in [0.2, 0.25) is 5.91 Å². The number of amides is 1. The van der Waals surface area contributed by atoms with E-state index in [0.717, 1.165) is 67.0 Å². The third kappa shape index (κ3) is 3.87. The van der Waals surface area contributed by atoms with Gasteiger partial charge >= 0.3 is 0 Å². The summed E-state index contributed by atoms with van der Waals surface area (Å²) in [6, 6.07) is 5.64. The highest BCUT2D eigenvalue weighted by atomic mass is 16.5. The Balaban J connectivity index is 1.54. The summed E-state index contributed by atoms with van der Waals surface area (Å²) in [5.74, 6) is 0.0900. The first kappa shape index (κ1) is 18.9. The monoisotopic (exact) mass is 381 g/mol. The predicted molar refractivity (Wildman–Crippen MR) is 105 cm³/mol. The van der Waals surface area contributed by atoms with Crippen LogP contribution in [0.5, 0.6) is 0 Å². The van der Waals surface area contributed by atoms with Gasteiger partial charge in [0.15, 0.2) is 5.78 Å². The van der Waals surface area contributed by atoms with Crippen LogP contribution in [0.25, 0.3) is 0 Å². The van der Waals surface area contributed by atoms with E-state index in [1.165, 1.54) is 0 Å². The minimum Gasteiger partial charge on any atom is -0.376 e. The summed E-state index contributed by atoms with van der Waals surface area (Å²) in [5.41, 5.74) is 4.62. The summed E-state index contributed by atoms with van der Waals surface area (Å²) in [5, 5.41) is 2.93. The van der Waals surface area contributed by atoms with Gasteiger partial charge in [-0.1, -0.05) is 6.07 Å². The number of nitrogens with zero attached hydrogens (tertiary/aromatic N) is 2. The molecule has 1 saturated heterocycles. The standard InChI is InChI=1S/C22H27N3O3/c1-15-18(12-21(27)24-13-16-6-2-3-10-23-16)22-19(8-4-9-20(22)26)25(15)14-17-7-5-11-28-17/h2-3,6,10,17H,4-5,7-9,11-14H2,1H3,(H,24,27). The molecule has 1 unspecified atom stereocenters. The van der Waals surface area contributed by atoms with Crippen molar-refractivity contribution in [3.63, 3.8) is 0 Å². The van der Waals surface area contributed by atoms with Crippen LogP contribution in [0.4, 0.5) is 0 Å². The second-order valence-corrected chi connectivity index (χ2v) is 7.68. The molecule has 0 bridgehead atoms. The first-order chi connectivity index (χ1) is 13.6. The molecule has 0 radical (unpaired) electrons. The van der Waals surface area contributed by atoms with Crippen LogP contribution in [0.15, 0.2) is 24.4 Å². The maximum atomic E-state index is 12.7. The van der Waals surface area contributed by atoms with Gasteiger partial charge in [-0.2, -0.15) is 0 Å². The molecule has 6 nitrogen and oxygen atoms in total. The largest absolute Gasteiger partial charge is 0.376 e. The third-order valence-electron chi connectivity index (χ3n) is 5.79. The number of fused-ring (bicyclic) bond motifs is 1. The lowest BCUT2D eigenvalue weighted by Gasteiger charge is -2.18. The first-order valence-electron chi connectivity index (χ1n) is 10.2. The van der Waals surface area contributed by atoms with E-state index in [2.05, 4.69) is 14.9 Å². The minimum atomic E-state index is -0.0795. The lowest BCUT2D eigenvalue weighted by molar-refractivity contribution is -0.120. The summed E-state index contributed by atoms with van der Waals surface area (Å²) in [7, 11) is 0. The number of carbonyl (C=O) groups excluding carboxylic acids is 2. The molecule has 0 spiro atoms. The normalized spacial score (nSPS) is 18.9. The van der Waals surface area contributed by atoms with Crippen molar-refractivity contribution in [1.82, 2.24) is 14.9 Å². The van der Waals surface area contributed by atoms with Gasteiger partial charge in [-0.05, 0) is 50.3 Å². The van der Waals surface area contributed by atoms with Gasteiger partial charge in [-0.3, -0.25) is 14.6 Å². The summed E-state index contributed by atoms with van der Waals surface area (Å²) >= 11 is 0. The smallest absolute Gasteiger partial charge is 0.224 e. The zero-order valence-electron chi connectivity index (χ0n) is 16.4. The van der Waals surface area contributed by atoms with E-state index < -0.39 is 0 Å². The average molecular weight is 381 g/mol. The van der Waals surface area contributed by atoms with Gasteiger partial charge in [0, 0.05) is 42.7 Å². The molecule has 4 rings (SSSR count). The van der Waals surface area contributed by atoms with Crippen molar-refractivity contribution in [3.8, 4) is 0 Å². The topological polar surface area (TPSA) is 73.2 Å². The number of rotatable bonds is 6. The summed E-state index contributed by atoms with van der Waals surface area (Å²) in [6.45, 7) is 4.01. The van der Waals surface area contributed by atoms with Gasteiger partial charge in [0.25, 0.3) is 0 Å². The molecule has 1 fully saturated rings. The van der Waals surface area contributed by atoms with Crippen LogP contribution in [0.3, 0.4) is 0 Å². The highest BCUT2D eigenvalue weighted by Crippen LogP contribution is 2.31. The van der Waals surface area contributed by atoms with Crippen LogP contribution in [0.2, 0.25) is 0 Å². The van der Waals surface area contributed by atoms with E-state index in [4.69, 9.17) is 4.74 Å². The average Bonchev–Trinajstić information content (AvgIpc) is 3.31. The van der Waals surface area contributed by atoms with Crippen LogP contribution in [-0.2, 0) is 35.5 Å². The van der Waals surface area contributed by atoms with Gasteiger partial charge in [0.1, 0.15) is 0 Å². The van der Waals surface area contributed by atoms with E-state index in [1.807, 2.05) is 25.1 Å². The number of carbonyl (C=O) groups is 2. The van der Waals surface area contributed by atoms with Crippen LogP contribution in [0.1, 0.15) is 58.7 Å². The predicted octanol–water partition coefficient (Wildman–Crippen LogP) is 2.75. The van der Waals surface area contributed by atoms with Crippen molar-refractivity contribution in [3.05, 3.63) is 52.6 Å². The zero-order chi connectivity index (χ0) is 19.5. The van der Waals surface area contributed by atoms with Crippen LogP contribution in [-0.4, -0.2) is 34.0 Å². The molecule has 1 atom stereocenters. The maximum Gasteiger partial charge on any atom is 0.224 e. The molecular weight excluding hydrogens is 354 g/mol. The van der Waals surface area contributed by atoms with Crippen molar-refractivity contribution >= 4 is 11.7 Å². The van der Waals surface area contributed by atoms with E-state index >= 15 is 0 Å². The molecular formula is C22H27N3O3. The van der Waals surface area contributed by atoms with Gasteiger partial charge < -0.3 is 14.6 Å². The molecule has 2 aromatic rings. The maximum absolute atomic E-state index is 12.7. The number of ketones is 1. The molecule has 3 heterocycles. The molecule has 1 N–H and O–H groups in total. The molecule has 0 aromatic carbocycles. The Morgan fingerprint density at radius 1 is 1.32 bits per heavy atom. The molecule has 1 amide bonds. The fourth-order valence-corrected chi connectivity index (χ4v) is 4.36. The van der Waals surface area contributed by atoms with Crippen molar-refractivity contribution < 1.29 is 14.3 Å². The van der Waals surface area contributed by atoms with E-state index in [0.29, 0.717) is 13.0 Å². The summed E-state index contributed by atoms with van der Waals surface area (Å²) in [4.78, 5) is 29.5. The Hall–Kier alpha value is -2.47. The highest BCUT2D eigenvalue weighted by Gasteiger charge is 2.30. The van der Waals surface area contributed by atoms with Gasteiger partial charge in [0.05, 0.1) is 24.8 Å². The van der Waals surface area contributed by atoms with Gasteiger partial charge in [-0.15, -0.1) is 0 Å². The number of Topliss-reactive ketones (excluding diaryl/α,β-unsaturated/α-hetero) is 1. The van der Waals surface area contributed by atoms with Crippen molar-refractivity contribution in [2.45, 2.75) is 64.6 Å². The van der Waals surface area contributed by atoms with Crippen LogP contribution in [0, 0.1) is 6.92 Å². The van der Waals surface area contributed by atoms with Gasteiger partial charge in [-0.25, -0.2) is 0 Å². The highest BCUT2D eigenvalue weighted by molar-refractivity contribution is 6.01. The number of aromatic nitrogens is 2. The van der Waals surface area contributed by atoms with Crippen molar-refractivity contribution in [2.75, 3.05) is 6.61 Å². The molecule has 148 valence electrons. The van der Waals surface area contributed by atoms with E-state index in [-0.39, 0.29) is 24.2 Å². The number of hydrogen-bond acceptors (Lipinski definition) is 4. The van der Waals surface area contributed by atoms with Crippen molar-refractivity contribution in [1.29, 1.82) is 0 Å². The summed E-state index contributed by atoms with van der Waals surface area (Å²) in [6.07, 6.45) is 6.64. The Morgan fingerprint density at radius 3 is 2.96 bits per heavy atom. The summed E-state index contributed by atoms with van der Waals surface area (Å²) < 4.78 is 8.06. The number of pyridine rings is 1. The second-order valence-electron chi connectivity index (χ2n) is 7.68. The molecule has 2 aliphatic rings. The Bertz CT molecular complexity index is 867. The second kappa shape index (κ2) is 8.27. The number of nitrogens with one attached hydrogen (secondary N) is 1. The van der Waals surface area contributed by atoms with Crippen molar-refractivity contribution in [2.24, 2.45) is 0 Å². The number of ether oxygens (including phenoxy) is 1. The Morgan fingerprint density at radius 2 is 2.21 bits per heavy atom. The fraction of sp³-hybridized carbons (Fsp3) is 0.500. The molecule has 0 saturated carbocycles. The Labute approximate surface area is 165 Å². The SMILES string of the molecule is Cc1c(CC(=O)NCc2ccccn2)c2c(n1CC1CCCO1)CCCC2=O. The third-order valence-corrected chi connectivity index (χ3v) is 5.79. The molecule has 28 heavy (non-hydrogen) atoms. The molecule has 1 aliphatic heterocycles. The molecule has 1 aliphatic carbocycles. The number of hydrogen-bond donors (Lipinski definition) is 1. The van der Waals surface area contributed by atoms with Crippen LogP contribution < -0.4 is 5.32 Å². The van der Waals surface area contributed by atoms with E-state index in [1.54, 1.807) is 6.20 Å². The fourth-order valence-electron chi connectivity index (χ4n) is 4.36. The molecule has 6 heteroatoms. The van der Waals surface area contributed by atoms with Crippen LogP contribution >= 0.6 is 0 Å². The minimum absolute atomic E-state index is 0.0795. The molecule has 2 aromatic heterocycles. The lowest BCUT2D eigenvalue weighted by Crippen LogP contribution is -2.26. The first-order valence-corrected chi connectivity index (χ1v) is 10.2. The zero-order valence-corrected chi connectivity index (χ0v) is 16.4. The lowest BCUT2D eigenvalue weighted by atomic mass is 9.92.